The van der Waals surface area contributed by atoms with E-state index in [1.807, 2.05) is 27.0 Å². The molecule has 0 saturated heterocycles. The third-order valence-corrected chi connectivity index (χ3v) is 3.44. The van der Waals surface area contributed by atoms with Crippen molar-refractivity contribution in [3.8, 4) is 0 Å². The smallest absolute Gasteiger partial charge is 0.177 e. The van der Waals surface area contributed by atoms with Gasteiger partial charge in [-0.25, -0.2) is 0 Å². The summed E-state index contributed by atoms with van der Waals surface area (Å²) in [6.07, 6.45) is 0.951. The predicted octanol–water partition coefficient (Wildman–Crippen LogP) is 2.76. The zero-order chi connectivity index (χ0) is 14.4. The molecule has 0 bridgehead atoms. The van der Waals surface area contributed by atoms with Crippen LogP contribution in [0.2, 0.25) is 0 Å². The van der Waals surface area contributed by atoms with Crippen LogP contribution < -0.4 is 0 Å². The lowest BCUT2D eigenvalue weighted by atomic mass is 9.98. The van der Waals surface area contributed by atoms with E-state index in [2.05, 4.69) is 17.9 Å². The highest BCUT2D eigenvalue weighted by molar-refractivity contribution is 5.99. The highest BCUT2D eigenvalue weighted by atomic mass is 16.5. The Hall–Kier alpha value is -1.19. The Kier molecular flexibility index (Phi) is 6.19. The number of hydrogen-bond acceptors (Lipinski definition) is 3. The summed E-state index contributed by atoms with van der Waals surface area (Å²) in [5.41, 5.74) is 4.33. The summed E-state index contributed by atoms with van der Waals surface area (Å²) in [5, 5.41) is 0. The van der Waals surface area contributed by atoms with Gasteiger partial charge in [0.1, 0.15) is 0 Å². The summed E-state index contributed by atoms with van der Waals surface area (Å²) in [6.45, 7) is 8.21. The van der Waals surface area contributed by atoms with E-state index in [1.54, 1.807) is 7.11 Å². The van der Waals surface area contributed by atoms with E-state index in [1.165, 1.54) is 11.1 Å². The minimum Gasteiger partial charge on any atom is -0.385 e. The van der Waals surface area contributed by atoms with Crippen LogP contribution in [0.25, 0.3) is 0 Å². The van der Waals surface area contributed by atoms with Crippen LogP contribution in [0.5, 0.6) is 0 Å². The van der Waals surface area contributed by atoms with Gasteiger partial charge in [-0.3, -0.25) is 9.69 Å². The van der Waals surface area contributed by atoms with E-state index in [0.717, 1.165) is 30.7 Å². The van der Waals surface area contributed by atoms with Crippen LogP contribution in [0.4, 0.5) is 0 Å². The topological polar surface area (TPSA) is 29.5 Å². The second-order valence-electron chi connectivity index (χ2n) is 5.26. The molecule has 0 unspecified atom stereocenters. The zero-order valence-corrected chi connectivity index (χ0v) is 12.7. The third kappa shape index (κ3) is 4.77. The number of rotatable bonds is 7. The average Bonchev–Trinajstić information content (AvgIpc) is 2.34. The quantitative estimate of drug-likeness (QED) is 0.559. The van der Waals surface area contributed by atoms with Crippen molar-refractivity contribution in [3.05, 3.63) is 34.4 Å². The summed E-state index contributed by atoms with van der Waals surface area (Å²) in [7, 11) is 3.67. The summed E-state index contributed by atoms with van der Waals surface area (Å²) in [5.74, 6) is 0.195. The van der Waals surface area contributed by atoms with Gasteiger partial charge in [-0.15, -0.1) is 0 Å². The van der Waals surface area contributed by atoms with Crippen molar-refractivity contribution in [3.63, 3.8) is 0 Å². The van der Waals surface area contributed by atoms with E-state index in [-0.39, 0.29) is 5.78 Å². The summed E-state index contributed by atoms with van der Waals surface area (Å²) in [4.78, 5) is 14.4. The summed E-state index contributed by atoms with van der Waals surface area (Å²) < 4.78 is 5.02. The van der Waals surface area contributed by atoms with Crippen molar-refractivity contribution >= 4 is 5.78 Å². The molecule has 0 aliphatic heterocycles. The van der Waals surface area contributed by atoms with Gasteiger partial charge in [0.25, 0.3) is 0 Å². The van der Waals surface area contributed by atoms with Crippen LogP contribution in [0, 0.1) is 20.8 Å². The zero-order valence-electron chi connectivity index (χ0n) is 12.7. The fraction of sp³-hybridized carbons (Fsp3) is 0.562. The molecule has 0 fully saturated rings. The summed E-state index contributed by atoms with van der Waals surface area (Å²) in [6, 6.07) is 4.10. The normalized spacial score (nSPS) is 11.1. The van der Waals surface area contributed by atoms with E-state index in [4.69, 9.17) is 4.74 Å². The van der Waals surface area contributed by atoms with Gasteiger partial charge in [0, 0.05) is 25.8 Å². The number of ether oxygens (including phenoxy) is 1. The molecule has 0 aliphatic carbocycles. The molecule has 19 heavy (non-hydrogen) atoms. The average molecular weight is 263 g/mol. The Morgan fingerprint density at radius 3 is 2.42 bits per heavy atom. The van der Waals surface area contributed by atoms with Gasteiger partial charge >= 0.3 is 0 Å². The number of Topliss-reactive ketones (excluding diaryl/α,β-unsaturated/α-hetero) is 1. The molecule has 0 radical (unpaired) electrons. The number of benzene rings is 1. The molecule has 0 atom stereocenters. The maximum absolute atomic E-state index is 12.3. The Bertz CT molecular complexity index is 441. The molecule has 0 amide bonds. The van der Waals surface area contributed by atoms with Crippen LogP contribution >= 0.6 is 0 Å². The Labute approximate surface area is 116 Å². The van der Waals surface area contributed by atoms with E-state index in [9.17, 15) is 4.79 Å². The maximum atomic E-state index is 12.3. The highest BCUT2D eigenvalue weighted by Gasteiger charge is 2.12. The van der Waals surface area contributed by atoms with Gasteiger partial charge in [-0.2, -0.15) is 0 Å². The number of methoxy groups -OCH3 is 1. The highest BCUT2D eigenvalue weighted by Crippen LogP contribution is 2.16. The molecule has 1 aromatic carbocycles. The number of carbonyl (C=O) groups is 1. The van der Waals surface area contributed by atoms with Crippen molar-refractivity contribution in [1.29, 1.82) is 0 Å². The van der Waals surface area contributed by atoms with Crippen molar-refractivity contribution in [2.75, 3.05) is 33.9 Å². The Morgan fingerprint density at radius 1 is 1.16 bits per heavy atom. The minimum atomic E-state index is 0.195. The second kappa shape index (κ2) is 7.41. The van der Waals surface area contributed by atoms with E-state index < -0.39 is 0 Å². The third-order valence-electron chi connectivity index (χ3n) is 3.44. The Balaban J connectivity index is 2.65. The van der Waals surface area contributed by atoms with Crippen molar-refractivity contribution in [2.45, 2.75) is 27.2 Å². The molecule has 0 N–H and O–H groups in total. The first kappa shape index (κ1) is 15.9. The van der Waals surface area contributed by atoms with Gasteiger partial charge in [0.2, 0.25) is 0 Å². The monoisotopic (exact) mass is 263 g/mol. The van der Waals surface area contributed by atoms with Crippen molar-refractivity contribution < 1.29 is 9.53 Å². The second-order valence-corrected chi connectivity index (χ2v) is 5.26. The van der Waals surface area contributed by atoms with Crippen LogP contribution in [-0.4, -0.2) is 44.5 Å². The molecule has 3 nitrogen and oxygen atoms in total. The molecule has 0 heterocycles. The first-order valence-corrected chi connectivity index (χ1v) is 6.74. The standard InChI is InChI=1S/C16H25NO2/c1-12-9-14(3)15(10-13(12)2)16(18)11-17(4)7-6-8-19-5/h9-10H,6-8,11H2,1-5H3. The van der Waals surface area contributed by atoms with Gasteiger partial charge in [0.05, 0.1) is 6.54 Å². The van der Waals surface area contributed by atoms with Crippen LogP contribution in [0.1, 0.15) is 33.5 Å². The fourth-order valence-corrected chi connectivity index (χ4v) is 2.15. The SMILES string of the molecule is COCCCN(C)CC(=O)c1cc(C)c(C)cc1C. The van der Waals surface area contributed by atoms with Gasteiger partial charge in [-0.1, -0.05) is 6.07 Å². The molecule has 1 rings (SSSR count). The predicted molar refractivity (Wildman–Crippen MR) is 79.0 cm³/mol. The maximum Gasteiger partial charge on any atom is 0.177 e. The lowest BCUT2D eigenvalue weighted by Crippen LogP contribution is -2.28. The number of nitrogens with zero attached hydrogens (tertiary/aromatic N) is 1. The number of likely N-dealkylation sites (N-methyl/N-ethyl adjacent to an activating group) is 1. The molecule has 1 aromatic rings. The van der Waals surface area contributed by atoms with Crippen LogP contribution in [-0.2, 0) is 4.74 Å². The van der Waals surface area contributed by atoms with E-state index >= 15 is 0 Å². The molecule has 0 aliphatic rings. The number of carbonyl (C=O) groups excluding carboxylic acids is 1. The molecular weight excluding hydrogens is 238 g/mol. The largest absolute Gasteiger partial charge is 0.385 e. The molecule has 0 aromatic heterocycles. The number of hydrogen-bond donors (Lipinski definition) is 0. The lowest BCUT2D eigenvalue weighted by molar-refractivity contribution is 0.0938. The van der Waals surface area contributed by atoms with E-state index in [0.29, 0.717) is 6.54 Å². The molecule has 0 spiro atoms. The molecular formula is C16H25NO2. The molecule has 106 valence electrons. The minimum absolute atomic E-state index is 0.195. The Morgan fingerprint density at radius 2 is 1.79 bits per heavy atom. The first-order chi connectivity index (χ1) is 8.95. The van der Waals surface area contributed by atoms with Crippen molar-refractivity contribution in [2.24, 2.45) is 0 Å². The van der Waals surface area contributed by atoms with Gasteiger partial charge in [-0.05, 0) is 57.0 Å². The van der Waals surface area contributed by atoms with Gasteiger partial charge in [0.15, 0.2) is 5.78 Å². The first-order valence-electron chi connectivity index (χ1n) is 6.74. The van der Waals surface area contributed by atoms with Crippen LogP contribution in [0.3, 0.4) is 0 Å². The molecule has 3 heteroatoms. The summed E-state index contributed by atoms with van der Waals surface area (Å²) >= 11 is 0. The van der Waals surface area contributed by atoms with Crippen LogP contribution in [0.15, 0.2) is 12.1 Å². The van der Waals surface area contributed by atoms with Crippen molar-refractivity contribution in [1.82, 2.24) is 4.90 Å². The number of aryl methyl sites for hydroxylation is 3. The fourth-order valence-electron chi connectivity index (χ4n) is 2.15. The lowest BCUT2D eigenvalue weighted by Gasteiger charge is -2.16. The molecule has 0 saturated carbocycles. The van der Waals surface area contributed by atoms with Gasteiger partial charge < -0.3 is 4.74 Å². The number of ketones is 1.